The topological polar surface area (TPSA) is 138 Å². The lowest BCUT2D eigenvalue weighted by Gasteiger charge is -2.02. The first-order valence-corrected chi connectivity index (χ1v) is 15.1. The van der Waals surface area contributed by atoms with Gasteiger partial charge in [0.2, 0.25) is 0 Å². The predicted molar refractivity (Wildman–Crippen MR) is 194 cm³/mol. The number of azide groups is 1. The highest BCUT2D eigenvalue weighted by Crippen LogP contribution is 2.14. The number of benzene rings is 4. The highest BCUT2D eigenvalue weighted by molar-refractivity contribution is 14.1. The number of nitrogens with zero attached hydrogens (tertiary/aromatic N) is 6. The predicted octanol–water partition coefficient (Wildman–Crippen LogP) is 7.61. The van der Waals surface area contributed by atoms with E-state index in [9.17, 15) is 9.59 Å². The Labute approximate surface area is 289 Å². The van der Waals surface area contributed by atoms with E-state index >= 15 is 0 Å². The van der Waals surface area contributed by atoms with Crippen LogP contribution in [-0.4, -0.2) is 26.8 Å². The standard InChI is InChI=1S/C16H13IN4O.C10H9NO.C6H4IN3.CH4/c17-13-6-8-14(9-7-13)21-11-15(19-20-21)16(22)18-10-12-4-2-1-3-5-12;1-2-10(12)11-8-9-6-4-3-5-7-9;7-5-1-3-6(4-2-5)9-10-8;/h1-9,11H,10H2,(H,18,22);1,3-7H,8H2,(H,11,12);1-4H;1H4/i17-4;;7-4;. The van der Waals surface area contributed by atoms with Crippen molar-refractivity contribution in [2.24, 2.45) is 5.11 Å². The van der Waals surface area contributed by atoms with Crippen LogP contribution >= 0.6 is 45.2 Å². The summed E-state index contributed by atoms with van der Waals surface area (Å²) < 4.78 is 3.87. The first-order chi connectivity index (χ1) is 21.4. The van der Waals surface area contributed by atoms with Crippen LogP contribution in [0.1, 0.15) is 29.0 Å². The van der Waals surface area contributed by atoms with Gasteiger partial charge in [-0.3, -0.25) is 9.59 Å². The molecule has 5 rings (SSSR count). The quantitative estimate of drug-likeness (QED) is 0.0575. The van der Waals surface area contributed by atoms with Crippen molar-refractivity contribution in [2.75, 3.05) is 0 Å². The molecule has 0 aliphatic carbocycles. The summed E-state index contributed by atoms with van der Waals surface area (Å²) in [5.74, 6) is 1.37. The first kappa shape index (κ1) is 36.5. The van der Waals surface area contributed by atoms with E-state index in [1.54, 1.807) is 23.0 Å². The maximum Gasteiger partial charge on any atom is 0.295 e. The second-order valence-corrected chi connectivity index (χ2v) is 11.2. The molecular weight excluding hydrogens is 786 g/mol. The van der Waals surface area contributed by atoms with Crippen LogP contribution in [0.2, 0.25) is 0 Å². The molecule has 0 unspecified atom stereocenters. The van der Waals surface area contributed by atoms with Gasteiger partial charge in [-0.15, -0.1) is 11.5 Å². The molecule has 0 spiro atoms. The Bertz CT molecular complexity index is 1720. The summed E-state index contributed by atoms with van der Waals surface area (Å²) in [5, 5.41) is 16.8. The van der Waals surface area contributed by atoms with E-state index in [4.69, 9.17) is 12.0 Å². The largest absolute Gasteiger partial charge is 0.347 e. The number of halogens is 2. The van der Waals surface area contributed by atoms with Crippen molar-refractivity contribution in [1.82, 2.24) is 25.6 Å². The van der Waals surface area contributed by atoms with Crippen LogP contribution in [0.15, 0.2) is 121 Å². The van der Waals surface area contributed by atoms with Crippen LogP contribution in [0.25, 0.3) is 16.1 Å². The SMILES string of the molecule is C.C#CC(=O)NCc1ccccc1.O=C(NCc1ccccc1)c1cn(-c2ccc([123I])cc2)nn1.[N-]=[N+]=Nc1ccc([123I])cc1. The molecule has 228 valence electrons. The molecule has 5 aromatic rings. The second kappa shape index (κ2) is 20.3. The zero-order valence-electron chi connectivity index (χ0n) is 23.2. The Hall–Kier alpha value is -4.71. The zero-order valence-corrected chi connectivity index (χ0v) is 27.5. The molecule has 0 atom stereocenters. The minimum absolute atomic E-state index is 0. The van der Waals surface area contributed by atoms with Crippen molar-refractivity contribution >= 4 is 62.7 Å². The smallest absolute Gasteiger partial charge is 0.295 e. The zero-order chi connectivity index (χ0) is 31.6. The number of carbonyl (C=O) groups is 2. The fraction of sp³-hybridized carbons (Fsp3) is 0.0909. The molecule has 4 aromatic carbocycles. The summed E-state index contributed by atoms with van der Waals surface area (Å²) in [4.78, 5) is 25.4. The molecule has 45 heavy (non-hydrogen) atoms. The van der Waals surface area contributed by atoms with Gasteiger partial charge in [-0.05, 0) is 104 Å². The third-order valence-electron chi connectivity index (χ3n) is 5.53. The summed E-state index contributed by atoms with van der Waals surface area (Å²) in [5.41, 5.74) is 12.0. The molecule has 2 amide bonds. The van der Waals surface area contributed by atoms with E-state index < -0.39 is 0 Å². The van der Waals surface area contributed by atoms with E-state index in [2.05, 4.69) is 76.2 Å². The van der Waals surface area contributed by atoms with E-state index in [0.29, 0.717) is 24.5 Å². The van der Waals surface area contributed by atoms with E-state index in [1.807, 2.05) is 103 Å². The van der Waals surface area contributed by atoms with Gasteiger partial charge in [0.05, 0.1) is 11.9 Å². The summed E-state index contributed by atoms with van der Waals surface area (Å²) >= 11 is 4.43. The molecule has 0 aliphatic heterocycles. The number of hydrogen-bond acceptors (Lipinski definition) is 5. The van der Waals surface area contributed by atoms with E-state index in [-0.39, 0.29) is 19.2 Å². The van der Waals surface area contributed by atoms with Crippen molar-refractivity contribution in [3.05, 3.63) is 150 Å². The summed E-state index contributed by atoms with van der Waals surface area (Å²) in [6, 6.07) is 34.5. The average molecular weight is 816 g/mol. The fourth-order valence-electron chi connectivity index (χ4n) is 3.35. The molecule has 0 radical (unpaired) electrons. The molecular formula is C33H30I2N8O2. The minimum atomic E-state index is -0.376. The molecule has 0 aliphatic rings. The average Bonchev–Trinajstić information content (AvgIpc) is 3.56. The fourth-order valence-corrected chi connectivity index (χ4v) is 4.06. The number of hydrogen-bond donors (Lipinski definition) is 2. The molecule has 0 bridgehead atoms. The summed E-state index contributed by atoms with van der Waals surface area (Å²) in [6.45, 7) is 0.958. The normalized spacial score (nSPS) is 9.27. The van der Waals surface area contributed by atoms with Gasteiger partial charge < -0.3 is 10.6 Å². The van der Waals surface area contributed by atoms with Crippen molar-refractivity contribution in [3.63, 3.8) is 0 Å². The van der Waals surface area contributed by atoms with Gasteiger partial charge in [0.1, 0.15) is 0 Å². The number of amides is 2. The molecule has 0 saturated heterocycles. The van der Waals surface area contributed by atoms with E-state index in [0.717, 1.165) is 24.0 Å². The monoisotopic (exact) mass is 816 g/mol. The number of terminal acetylenes is 1. The van der Waals surface area contributed by atoms with Crippen LogP contribution in [0.4, 0.5) is 5.69 Å². The Balaban J connectivity index is 0.000000260. The van der Waals surface area contributed by atoms with Gasteiger partial charge in [0.15, 0.2) is 5.69 Å². The van der Waals surface area contributed by atoms with E-state index in [1.165, 1.54) is 0 Å². The van der Waals surface area contributed by atoms with Crippen LogP contribution < -0.4 is 10.6 Å². The lowest BCUT2D eigenvalue weighted by Crippen LogP contribution is -2.23. The van der Waals surface area contributed by atoms with Gasteiger partial charge in [-0.2, -0.15) is 0 Å². The molecule has 0 saturated carbocycles. The third-order valence-corrected chi connectivity index (χ3v) is 6.97. The molecule has 1 heterocycles. The summed E-state index contributed by atoms with van der Waals surface area (Å²) in [6.07, 6.45) is 6.50. The van der Waals surface area contributed by atoms with Gasteiger partial charge in [0.25, 0.3) is 11.8 Å². The van der Waals surface area contributed by atoms with Gasteiger partial charge in [0, 0.05) is 30.8 Å². The van der Waals surface area contributed by atoms with Crippen LogP contribution in [0, 0.1) is 19.5 Å². The number of aromatic nitrogens is 3. The van der Waals surface area contributed by atoms with Crippen LogP contribution in [0.3, 0.4) is 0 Å². The second-order valence-electron chi connectivity index (χ2n) is 8.67. The molecule has 12 heteroatoms. The maximum absolute atomic E-state index is 12.1. The number of carbonyl (C=O) groups excluding carboxylic acids is 2. The third kappa shape index (κ3) is 13.6. The molecule has 1 aromatic heterocycles. The van der Waals surface area contributed by atoms with Gasteiger partial charge in [-0.25, -0.2) is 4.68 Å². The Kier molecular flexibility index (Phi) is 16.4. The molecule has 0 fully saturated rings. The highest BCUT2D eigenvalue weighted by atomic mass is 123. The Morgan fingerprint density at radius 3 is 1.84 bits per heavy atom. The maximum atomic E-state index is 12.1. The number of nitrogens with one attached hydrogen (secondary N) is 2. The van der Waals surface area contributed by atoms with Gasteiger partial charge in [-0.1, -0.05) is 90.6 Å². The van der Waals surface area contributed by atoms with Gasteiger partial charge >= 0.3 is 0 Å². The van der Waals surface area contributed by atoms with Crippen LogP contribution in [-0.2, 0) is 17.9 Å². The number of rotatable bonds is 7. The highest BCUT2D eigenvalue weighted by Gasteiger charge is 2.11. The minimum Gasteiger partial charge on any atom is -0.347 e. The first-order valence-electron chi connectivity index (χ1n) is 13.0. The Morgan fingerprint density at radius 2 is 1.33 bits per heavy atom. The summed E-state index contributed by atoms with van der Waals surface area (Å²) in [7, 11) is 0. The lowest BCUT2D eigenvalue weighted by atomic mass is 10.2. The van der Waals surface area contributed by atoms with Crippen molar-refractivity contribution in [1.29, 1.82) is 0 Å². The molecule has 10 nitrogen and oxygen atoms in total. The molecule has 2 N–H and O–H groups in total. The Morgan fingerprint density at radius 1 is 0.822 bits per heavy atom. The van der Waals surface area contributed by atoms with Crippen molar-refractivity contribution in [2.45, 2.75) is 20.5 Å². The van der Waals surface area contributed by atoms with Crippen molar-refractivity contribution in [3.8, 4) is 18.0 Å². The van der Waals surface area contributed by atoms with Crippen molar-refractivity contribution < 1.29 is 9.59 Å². The lowest BCUT2D eigenvalue weighted by molar-refractivity contribution is -0.115. The van der Waals surface area contributed by atoms with Crippen LogP contribution in [0.5, 0.6) is 0 Å².